The lowest BCUT2D eigenvalue weighted by Gasteiger charge is -2.27. The Balaban J connectivity index is 3.68. The van der Waals surface area contributed by atoms with Crippen LogP contribution in [0.15, 0.2) is 0 Å². The maximum Gasteiger partial charge on any atom is 0.0616 e. The first-order chi connectivity index (χ1) is 6.58. The van der Waals surface area contributed by atoms with Crippen LogP contribution in [0.5, 0.6) is 0 Å². The summed E-state index contributed by atoms with van der Waals surface area (Å²) in [6.45, 7) is 7.74. The third-order valence-electron chi connectivity index (χ3n) is 2.21. The molecule has 0 saturated heterocycles. The number of ether oxygens (including phenoxy) is 1. The van der Waals surface area contributed by atoms with Crippen LogP contribution in [0.2, 0.25) is 0 Å². The van der Waals surface area contributed by atoms with E-state index in [0.29, 0.717) is 19.8 Å². The molecule has 0 aliphatic carbocycles. The van der Waals surface area contributed by atoms with Crippen LogP contribution in [0.4, 0.5) is 0 Å². The molecule has 14 heavy (non-hydrogen) atoms. The zero-order chi connectivity index (χ0) is 11.0. The molecule has 4 heteroatoms. The van der Waals surface area contributed by atoms with Crippen molar-refractivity contribution in [2.45, 2.75) is 26.8 Å². The Hall–Kier alpha value is -0.160. The molecule has 0 aromatic heterocycles. The summed E-state index contributed by atoms with van der Waals surface area (Å²) in [6.07, 6.45) is 0. The zero-order valence-corrected chi connectivity index (χ0v) is 9.42. The smallest absolute Gasteiger partial charge is 0.0616 e. The second-order valence-electron chi connectivity index (χ2n) is 4.07. The van der Waals surface area contributed by atoms with E-state index in [-0.39, 0.29) is 19.3 Å². The standard InChI is InChI=1S/C10H23NO3/c1-4-14-5-9(2)11-6-10(3,7-12)8-13/h9,11-13H,4-8H2,1-3H3. The highest BCUT2D eigenvalue weighted by molar-refractivity contribution is 4.76. The van der Waals surface area contributed by atoms with Crippen molar-refractivity contribution in [3.63, 3.8) is 0 Å². The number of nitrogens with one attached hydrogen (secondary N) is 1. The minimum Gasteiger partial charge on any atom is -0.396 e. The van der Waals surface area contributed by atoms with Gasteiger partial charge >= 0.3 is 0 Å². The van der Waals surface area contributed by atoms with E-state index in [9.17, 15) is 0 Å². The lowest BCUT2D eigenvalue weighted by Crippen LogP contribution is -2.42. The number of aliphatic hydroxyl groups is 2. The van der Waals surface area contributed by atoms with E-state index < -0.39 is 5.41 Å². The molecule has 3 N–H and O–H groups in total. The molecular formula is C10H23NO3. The molecule has 0 bridgehead atoms. The van der Waals surface area contributed by atoms with Crippen molar-refractivity contribution < 1.29 is 14.9 Å². The molecule has 0 spiro atoms. The van der Waals surface area contributed by atoms with Gasteiger partial charge in [-0.3, -0.25) is 0 Å². The van der Waals surface area contributed by atoms with E-state index in [1.54, 1.807) is 0 Å². The first-order valence-electron chi connectivity index (χ1n) is 5.11. The van der Waals surface area contributed by atoms with Crippen molar-refractivity contribution in [1.29, 1.82) is 0 Å². The summed E-state index contributed by atoms with van der Waals surface area (Å²) in [5.41, 5.74) is -0.444. The number of aliphatic hydroxyl groups excluding tert-OH is 2. The molecule has 0 amide bonds. The van der Waals surface area contributed by atoms with Gasteiger partial charge in [0.25, 0.3) is 0 Å². The Bertz CT molecular complexity index is 137. The molecule has 1 unspecified atom stereocenters. The minimum atomic E-state index is -0.444. The predicted octanol–water partition coefficient (Wildman–Crippen LogP) is -0.00810. The van der Waals surface area contributed by atoms with Gasteiger partial charge in [0.1, 0.15) is 0 Å². The van der Waals surface area contributed by atoms with E-state index in [1.807, 2.05) is 20.8 Å². The number of hydrogen-bond donors (Lipinski definition) is 3. The highest BCUT2D eigenvalue weighted by Crippen LogP contribution is 2.12. The van der Waals surface area contributed by atoms with Crippen molar-refractivity contribution in [1.82, 2.24) is 5.32 Å². The van der Waals surface area contributed by atoms with E-state index in [4.69, 9.17) is 14.9 Å². The SMILES string of the molecule is CCOCC(C)NCC(C)(CO)CO. The zero-order valence-electron chi connectivity index (χ0n) is 9.42. The molecule has 1 atom stereocenters. The summed E-state index contributed by atoms with van der Waals surface area (Å²) in [5, 5.41) is 21.3. The summed E-state index contributed by atoms with van der Waals surface area (Å²) in [6, 6.07) is 0.243. The molecule has 86 valence electrons. The second kappa shape index (κ2) is 7.17. The van der Waals surface area contributed by atoms with E-state index in [1.165, 1.54) is 0 Å². The van der Waals surface area contributed by atoms with Crippen LogP contribution >= 0.6 is 0 Å². The summed E-state index contributed by atoms with van der Waals surface area (Å²) in [7, 11) is 0. The fourth-order valence-electron chi connectivity index (χ4n) is 0.936. The van der Waals surface area contributed by atoms with Crippen LogP contribution in [-0.2, 0) is 4.74 Å². The Morgan fingerprint density at radius 3 is 2.36 bits per heavy atom. The maximum atomic E-state index is 9.04. The first kappa shape index (κ1) is 13.8. The van der Waals surface area contributed by atoms with Crippen LogP contribution in [0.3, 0.4) is 0 Å². The first-order valence-corrected chi connectivity index (χ1v) is 5.11. The van der Waals surface area contributed by atoms with E-state index in [0.717, 1.165) is 0 Å². The Morgan fingerprint density at radius 2 is 1.93 bits per heavy atom. The van der Waals surface area contributed by atoms with Gasteiger partial charge < -0.3 is 20.3 Å². The number of rotatable bonds is 8. The average molecular weight is 205 g/mol. The van der Waals surface area contributed by atoms with Crippen LogP contribution in [-0.4, -0.2) is 49.2 Å². The van der Waals surface area contributed by atoms with Crippen molar-refractivity contribution in [3.8, 4) is 0 Å². The lowest BCUT2D eigenvalue weighted by molar-refractivity contribution is 0.0610. The van der Waals surface area contributed by atoms with Crippen LogP contribution in [0, 0.1) is 5.41 Å². The third kappa shape index (κ3) is 5.54. The summed E-state index contributed by atoms with van der Waals surface area (Å²) >= 11 is 0. The molecule has 0 rings (SSSR count). The Kier molecular flexibility index (Phi) is 7.09. The fourth-order valence-corrected chi connectivity index (χ4v) is 0.936. The topological polar surface area (TPSA) is 61.7 Å². The van der Waals surface area contributed by atoms with Crippen molar-refractivity contribution in [3.05, 3.63) is 0 Å². The molecule has 0 aromatic carbocycles. The molecule has 4 nitrogen and oxygen atoms in total. The normalized spacial score (nSPS) is 14.4. The Labute approximate surface area is 86.3 Å². The fraction of sp³-hybridized carbons (Fsp3) is 1.00. The van der Waals surface area contributed by atoms with Gasteiger partial charge in [-0.1, -0.05) is 6.92 Å². The summed E-state index contributed by atoms with van der Waals surface area (Å²) in [5.74, 6) is 0. The Morgan fingerprint density at radius 1 is 1.36 bits per heavy atom. The van der Waals surface area contributed by atoms with Gasteiger partial charge in [0, 0.05) is 24.6 Å². The molecule has 0 aromatic rings. The highest BCUT2D eigenvalue weighted by Gasteiger charge is 2.22. The second-order valence-corrected chi connectivity index (χ2v) is 4.07. The van der Waals surface area contributed by atoms with Crippen LogP contribution < -0.4 is 5.32 Å². The highest BCUT2D eigenvalue weighted by atomic mass is 16.5. The maximum absolute atomic E-state index is 9.04. The van der Waals surface area contributed by atoms with Crippen molar-refractivity contribution in [2.75, 3.05) is 33.0 Å². The quantitative estimate of drug-likeness (QED) is 0.521. The van der Waals surface area contributed by atoms with Gasteiger partial charge in [-0.25, -0.2) is 0 Å². The average Bonchev–Trinajstić information content (AvgIpc) is 2.23. The molecule has 0 saturated carbocycles. The molecule has 0 aliphatic rings. The van der Waals surface area contributed by atoms with Gasteiger partial charge in [-0.05, 0) is 13.8 Å². The summed E-state index contributed by atoms with van der Waals surface area (Å²) in [4.78, 5) is 0. The largest absolute Gasteiger partial charge is 0.396 e. The van der Waals surface area contributed by atoms with Crippen molar-refractivity contribution in [2.24, 2.45) is 5.41 Å². The van der Waals surface area contributed by atoms with Gasteiger partial charge in [-0.2, -0.15) is 0 Å². The molecule has 0 heterocycles. The lowest BCUT2D eigenvalue weighted by atomic mass is 9.93. The van der Waals surface area contributed by atoms with Gasteiger partial charge in [0.2, 0.25) is 0 Å². The molecule has 0 fully saturated rings. The third-order valence-corrected chi connectivity index (χ3v) is 2.21. The monoisotopic (exact) mass is 205 g/mol. The molecule has 0 radical (unpaired) electrons. The van der Waals surface area contributed by atoms with Gasteiger partial charge in [-0.15, -0.1) is 0 Å². The van der Waals surface area contributed by atoms with E-state index >= 15 is 0 Å². The predicted molar refractivity (Wildman–Crippen MR) is 56.2 cm³/mol. The number of hydrogen-bond acceptors (Lipinski definition) is 4. The van der Waals surface area contributed by atoms with Gasteiger partial charge in [0.15, 0.2) is 0 Å². The van der Waals surface area contributed by atoms with Crippen LogP contribution in [0.1, 0.15) is 20.8 Å². The minimum absolute atomic E-state index is 0.0160. The molecular weight excluding hydrogens is 182 g/mol. The molecule has 0 aliphatic heterocycles. The van der Waals surface area contributed by atoms with Crippen molar-refractivity contribution >= 4 is 0 Å². The van der Waals surface area contributed by atoms with E-state index in [2.05, 4.69) is 5.32 Å². The van der Waals surface area contributed by atoms with Gasteiger partial charge in [0.05, 0.1) is 19.8 Å². The van der Waals surface area contributed by atoms with Crippen LogP contribution in [0.25, 0.3) is 0 Å². The summed E-state index contributed by atoms with van der Waals surface area (Å²) < 4.78 is 5.24.